The van der Waals surface area contributed by atoms with Crippen LogP contribution in [0, 0.1) is 0 Å². The molecule has 0 saturated carbocycles. The number of nitrogens with one attached hydrogen (secondary N) is 1. The quantitative estimate of drug-likeness (QED) is 0.481. The number of para-hydroxylation sites is 2. The van der Waals surface area contributed by atoms with E-state index in [-0.39, 0.29) is 21.6 Å². The third-order valence-electron chi connectivity index (χ3n) is 5.98. The number of hydrogen-bond donors (Lipinski definition) is 1. The van der Waals surface area contributed by atoms with Gasteiger partial charge in [0, 0.05) is 6.04 Å². The fraction of sp³-hybridized carbons (Fsp3) is 0.167. The molecule has 1 N–H and O–H groups in total. The first kappa shape index (κ1) is 21.5. The van der Waals surface area contributed by atoms with Crippen LogP contribution in [0.3, 0.4) is 0 Å². The molecule has 0 fully saturated rings. The van der Waals surface area contributed by atoms with Crippen LogP contribution in [-0.4, -0.2) is 24.0 Å². The Bertz CT molecular complexity index is 1630. The number of rotatable bonds is 3. The van der Waals surface area contributed by atoms with Gasteiger partial charge in [0.15, 0.2) is 0 Å². The Morgan fingerprint density at radius 1 is 0.970 bits per heavy atom. The van der Waals surface area contributed by atoms with Gasteiger partial charge in [0.05, 0.1) is 32.2 Å². The van der Waals surface area contributed by atoms with E-state index in [0.29, 0.717) is 23.0 Å². The summed E-state index contributed by atoms with van der Waals surface area (Å²) in [6.45, 7) is 1.86. The zero-order valence-electron chi connectivity index (χ0n) is 17.7. The first-order valence-electron chi connectivity index (χ1n) is 10.5. The average Bonchev–Trinajstić information content (AvgIpc) is 2.79. The molecule has 4 aromatic rings. The molecule has 168 valence electrons. The lowest BCUT2D eigenvalue weighted by molar-refractivity contribution is 0.563. The van der Waals surface area contributed by atoms with Crippen molar-refractivity contribution in [2.24, 2.45) is 0 Å². The Kier molecular flexibility index (Phi) is 5.14. The van der Waals surface area contributed by atoms with E-state index in [1.165, 1.54) is 22.5 Å². The van der Waals surface area contributed by atoms with Gasteiger partial charge >= 0.3 is 5.69 Å². The van der Waals surface area contributed by atoms with E-state index in [1.807, 2.05) is 19.1 Å². The second kappa shape index (κ2) is 7.90. The molecule has 1 aromatic heterocycles. The molecular weight excluding hydrogens is 462 g/mol. The van der Waals surface area contributed by atoms with Crippen molar-refractivity contribution in [2.45, 2.75) is 30.7 Å². The summed E-state index contributed by atoms with van der Waals surface area (Å²) in [6, 6.07) is 17.8. The van der Waals surface area contributed by atoms with E-state index < -0.39 is 21.3 Å². The third-order valence-corrected chi connectivity index (χ3v) is 8.23. The predicted molar refractivity (Wildman–Crippen MR) is 129 cm³/mol. The summed E-state index contributed by atoms with van der Waals surface area (Å²) in [7, 11) is -3.99. The molecule has 33 heavy (non-hydrogen) atoms. The number of anilines is 1. The van der Waals surface area contributed by atoms with Crippen LogP contribution in [0.25, 0.3) is 16.6 Å². The van der Waals surface area contributed by atoms with Crippen molar-refractivity contribution in [3.63, 3.8) is 0 Å². The summed E-state index contributed by atoms with van der Waals surface area (Å²) in [5, 5.41) is 0.379. The summed E-state index contributed by atoms with van der Waals surface area (Å²) < 4.78 is 29.8. The maximum absolute atomic E-state index is 13.7. The SMILES string of the molecule is CC1CCc2ccccc2N1S(=O)(=O)c1ccc(Cl)c(-n2c(=O)[nH]c3ccccc3c2=O)c1. The van der Waals surface area contributed by atoms with Crippen LogP contribution in [0.15, 0.2) is 81.2 Å². The Morgan fingerprint density at radius 2 is 1.70 bits per heavy atom. The van der Waals surface area contributed by atoms with Gasteiger partial charge in [-0.2, -0.15) is 0 Å². The predicted octanol–water partition coefficient (Wildman–Crippen LogP) is 3.86. The minimum atomic E-state index is -3.99. The number of nitrogens with zero attached hydrogens (tertiary/aromatic N) is 2. The molecule has 0 aliphatic carbocycles. The van der Waals surface area contributed by atoms with E-state index in [4.69, 9.17) is 11.6 Å². The van der Waals surface area contributed by atoms with Crippen molar-refractivity contribution in [1.82, 2.24) is 9.55 Å². The largest absolute Gasteiger partial charge is 0.333 e. The Hall–Kier alpha value is -3.36. The fourth-order valence-electron chi connectivity index (χ4n) is 4.34. The highest BCUT2D eigenvalue weighted by molar-refractivity contribution is 7.92. The molecule has 1 atom stereocenters. The first-order valence-corrected chi connectivity index (χ1v) is 12.3. The standard InChI is InChI=1S/C24H20ClN3O4S/c1-15-10-11-16-6-2-5-9-21(16)28(15)33(31,32)17-12-13-19(25)22(14-17)27-23(29)18-7-3-4-8-20(18)26-24(27)30/h2-9,12-15H,10-11H2,1H3,(H,26,30). The lowest BCUT2D eigenvalue weighted by Crippen LogP contribution is -2.42. The summed E-state index contributed by atoms with van der Waals surface area (Å²) in [4.78, 5) is 28.5. The van der Waals surface area contributed by atoms with Gasteiger partial charge in [-0.15, -0.1) is 0 Å². The molecule has 1 unspecified atom stereocenters. The van der Waals surface area contributed by atoms with Crippen molar-refractivity contribution in [2.75, 3.05) is 4.31 Å². The molecule has 3 aromatic carbocycles. The second-order valence-corrected chi connectivity index (χ2v) is 10.3. The summed E-state index contributed by atoms with van der Waals surface area (Å²) in [5.41, 5.74) is 0.702. The molecule has 2 heterocycles. The van der Waals surface area contributed by atoms with Crippen LogP contribution in [0.4, 0.5) is 5.69 Å². The fourth-order valence-corrected chi connectivity index (χ4v) is 6.29. The van der Waals surface area contributed by atoms with Crippen molar-refractivity contribution in [3.8, 4) is 5.69 Å². The maximum atomic E-state index is 13.7. The highest BCUT2D eigenvalue weighted by atomic mass is 35.5. The van der Waals surface area contributed by atoms with Crippen LogP contribution in [0.5, 0.6) is 0 Å². The van der Waals surface area contributed by atoms with E-state index >= 15 is 0 Å². The molecule has 0 bridgehead atoms. The molecule has 0 radical (unpaired) electrons. The summed E-state index contributed by atoms with van der Waals surface area (Å²) in [6.07, 6.45) is 1.47. The number of benzene rings is 3. The van der Waals surface area contributed by atoms with Gasteiger partial charge in [-0.1, -0.05) is 41.9 Å². The van der Waals surface area contributed by atoms with Crippen molar-refractivity contribution < 1.29 is 8.42 Å². The van der Waals surface area contributed by atoms with Crippen molar-refractivity contribution in [3.05, 3.63) is 98.2 Å². The third kappa shape index (κ3) is 3.46. The average molecular weight is 482 g/mol. The number of H-pyrrole nitrogens is 1. The molecule has 1 aliphatic heterocycles. The molecule has 5 rings (SSSR count). The number of aromatic amines is 1. The molecular formula is C24H20ClN3O4S. The zero-order valence-corrected chi connectivity index (χ0v) is 19.2. The lowest BCUT2D eigenvalue weighted by Gasteiger charge is -2.36. The number of aromatic nitrogens is 2. The zero-order chi connectivity index (χ0) is 23.3. The van der Waals surface area contributed by atoms with Crippen LogP contribution >= 0.6 is 11.6 Å². The van der Waals surface area contributed by atoms with Crippen molar-refractivity contribution >= 4 is 38.2 Å². The van der Waals surface area contributed by atoms with Gasteiger partial charge in [0.1, 0.15) is 0 Å². The molecule has 1 aliphatic rings. The van der Waals surface area contributed by atoms with Crippen LogP contribution in [-0.2, 0) is 16.4 Å². The smallest absolute Gasteiger partial charge is 0.306 e. The summed E-state index contributed by atoms with van der Waals surface area (Å²) >= 11 is 6.35. The number of aryl methyl sites for hydroxylation is 1. The van der Waals surface area contributed by atoms with Crippen molar-refractivity contribution in [1.29, 1.82) is 0 Å². The molecule has 0 amide bonds. The highest BCUT2D eigenvalue weighted by Crippen LogP contribution is 2.36. The van der Waals surface area contributed by atoms with Crippen LogP contribution in [0.1, 0.15) is 18.9 Å². The van der Waals surface area contributed by atoms with E-state index in [2.05, 4.69) is 4.98 Å². The van der Waals surface area contributed by atoms with Gasteiger partial charge < -0.3 is 4.98 Å². The molecule has 9 heteroatoms. The highest BCUT2D eigenvalue weighted by Gasteiger charge is 2.34. The summed E-state index contributed by atoms with van der Waals surface area (Å²) in [5.74, 6) is 0. The molecule has 0 saturated heterocycles. The van der Waals surface area contributed by atoms with Crippen LogP contribution < -0.4 is 15.6 Å². The number of halogens is 1. The van der Waals surface area contributed by atoms with E-state index in [0.717, 1.165) is 16.6 Å². The van der Waals surface area contributed by atoms with Gasteiger partial charge in [0.25, 0.3) is 15.6 Å². The second-order valence-electron chi connectivity index (χ2n) is 8.05. The maximum Gasteiger partial charge on any atom is 0.333 e. The normalized spacial score (nSPS) is 16.1. The Balaban J connectivity index is 1.71. The number of sulfonamides is 1. The molecule has 0 spiro atoms. The van der Waals surface area contributed by atoms with Crippen LogP contribution in [0.2, 0.25) is 5.02 Å². The molecule has 7 nitrogen and oxygen atoms in total. The van der Waals surface area contributed by atoms with E-state index in [9.17, 15) is 18.0 Å². The minimum Gasteiger partial charge on any atom is -0.306 e. The van der Waals surface area contributed by atoms with E-state index in [1.54, 1.807) is 36.4 Å². The number of hydrogen-bond acceptors (Lipinski definition) is 4. The Morgan fingerprint density at radius 3 is 2.52 bits per heavy atom. The topological polar surface area (TPSA) is 92.2 Å². The van der Waals surface area contributed by atoms with Gasteiger partial charge in [-0.3, -0.25) is 9.10 Å². The monoisotopic (exact) mass is 481 g/mol. The van der Waals surface area contributed by atoms with Gasteiger partial charge in [-0.05, 0) is 61.7 Å². The number of fused-ring (bicyclic) bond motifs is 2. The minimum absolute atomic E-state index is 0.00712. The lowest BCUT2D eigenvalue weighted by atomic mass is 9.99. The van der Waals surface area contributed by atoms with Gasteiger partial charge in [-0.25, -0.2) is 17.8 Å². The first-order chi connectivity index (χ1) is 15.8. The Labute approximate surface area is 194 Å². The van der Waals surface area contributed by atoms with Gasteiger partial charge in [0.2, 0.25) is 0 Å².